The molecule has 1 N–H and O–H groups in total. The number of halogens is 1. The zero-order valence-corrected chi connectivity index (χ0v) is 12.7. The van der Waals surface area contributed by atoms with Crippen molar-refractivity contribution in [1.29, 1.82) is 0 Å². The number of nitrogens with zero attached hydrogens (tertiary/aromatic N) is 1. The Morgan fingerprint density at radius 1 is 1.33 bits per heavy atom. The van der Waals surface area contributed by atoms with Gasteiger partial charge in [-0.05, 0) is 57.7 Å². The van der Waals surface area contributed by atoms with E-state index in [-0.39, 0.29) is 11.5 Å². The van der Waals surface area contributed by atoms with E-state index < -0.39 is 5.82 Å². The van der Waals surface area contributed by atoms with Gasteiger partial charge in [-0.2, -0.15) is 0 Å². The summed E-state index contributed by atoms with van der Waals surface area (Å²) in [5, 5.41) is 2.92. The van der Waals surface area contributed by atoms with Crippen molar-refractivity contribution in [3.8, 4) is 0 Å². The zero-order chi connectivity index (χ0) is 15.0. The molecule has 4 heteroatoms. The van der Waals surface area contributed by atoms with Crippen LogP contribution in [0, 0.1) is 18.7 Å². The highest BCUT2D eigenvalue weighted by atomic mass is 19.1. The number of benzene rings is 1. The van der Waals surface area contributed by atoms with Crippen LogP contribution in [0.1, 0.15) is 41.6 Å². The highest BCUT2D eigenvalue weighted by Crippen LogP contribution is 2.37. The van der Waals surface area contributed by atoms with Crippen LogP contribution in [0.25, 0.3) is 0 Å². The summed E-state index contributed by atoms with van der Waals surface area (Å²) in [6, 6.07) is 5.99. The van der Waals surface area contributed by atoms with E-state index in [4.69, 9.17) is 0 Å². The maximum absolute atomic E-state index is 13.7. The number of hydrogen-bond donors (Lipinski definition) is 1. The molecular formula is C17H23FN2O. The second-order valence-electron chi connectivity index (χ2n) is 6.58. The second kappa shape index (κ2) is 5.76. The van der Waals surface area contributed by atoms with Crippen LogP contribution in [0.5, 0.6) is 0 Å². The fourth-order valence-electron chi connectivity index (χ4n) is 3.84. The van der Waals surface area contributed by atoms with Crippen LogP contribution in [0.2, 0.25) is 0 Å². The van der Waals surface area contributed by atoms with Gasteiger partial charge in [0.15, 0.2) is 0 Å². The normalized spacial score (nSPS) is 28.6. The molecule has 2 aliphatic rings. The van der Waals surface area contributed by atoms with Gasteiger partial charge in [0.25, 0.3) is 5.91 Å². The topological polar surface area (TPSA) is 32.3 Å². The number of carbonyl (C=O) groups excluding carboxylic acids is 1. The molecule has 2 fully saturated rings. The van der Waals surface area contributed by atoms with Crippen LogP contribution in [0.15, 0.2) is 18.2 Å². The number of piperidine rings is 1. The molecule has 2 aliphatic heterocycles. The van der Waals surface area contributed by atoms with Crippen molar-refractivity contribution < 1.29 is 9.18 Å². The monoisotopic (exact) mass is 290 g/mol. The average molecular weight is 290 g/mol. The van der Waals surface area contributed by atoms with Gasteiger partial charge < -0.3 is 10.2 Å². The Balaban J connectivity index is 1.58. The van der Waals surface area contributed by atoms with E-state index in [0.717, 1.165) is 18.4 Å². The Bertz CT molecular complexity index is 532. The van der Waals surface area contributed by atoms with Crippen LogP contribution in [0.4, 0.5) is 4.39 Å². The molecule has 1 aromatic carbocycles. The molecule has 2 unspecified atom stereocenters. The van der Waals surface area contributed by atoms with Gasteiger partial charge in [-0.1, -0.05) is 11.6 Å². The average Bonchev–Trinajstić information content (AvgIpc) is 2.69. The van der Waals surface area contributed by atoms with Crippen molar-refractivity contribution in [3.63, 3.8) is 0 Å². The van der Waals surface area contributed by atoms with Gasteiger partial charge >= 0.3 is 0 Å². The lowest BCUT2D eigenvalue weighted by atomic mass is 9.91. The minimum atomic E-state index is -0.443. The van der Waals surface area contributed by atoms with Gasteiger partial charge in [0.05, 0.1) is 5.56 Å². The third-order valence-corrected chi connectivity index (χ3v) is 5.11. The fraction of sp³-hybridized carbons (Fsp3) is 0.588. The Labute approximate surface area is 125 Å². The number of amides is 1. The SMILES string of the molecule is Cc1ccc(F)c(C(=O)NCC2CC3CCC(C2)N3C)c1. The number of aryl methyl sites for hydroxylation is 1. The van der Waals surface area contributed by atoms with Crippen molar-refractivity contribution >= 4 is 5.91 Å². The first-order valence-electron chi connectivity index (χ1n) is 7.81. The smallest absolute Gasteiger partial charge is 0.254 e. The number of rotatable bonds is 3. The number of carbonyl (C=O) groups is 1. The third-order valence-electron chi connectivity index (χ3n) is 5.11. The molecule has 2 saturated heterocycles. The molecule has 0 saturated carbocycles. The third kappa shape index (κ3) is 2.95. The molecule has 3 rings (SSSR count). The summed E-state index contributed by atoms with van der Waals surface area (Å²) in [4.78, 5) is 14.6. The highest BCUT2D eigenvalue weighted by Gasteiger charge is 2.38. The molecule has 21 heavy (non-hydrogen) atoms. The first-order chi connectivity index (χ1) is 10.0. The lowest BCUT2D eigenvalue weighted by Crippen LogP contribution is -2.43. The number of fused-ring (bicyclic) bond motifs is 2. The quantitative estimate of drug-likeness (QED) is 0.928. The van der Waals surface area contributed by atoms with E-state index in [0.29, 0.717) is 24.5 Å². The van der Waals surface area contributed by atoms with E-state index in [9.17, 15) is 9.18 Å². The van der Waals surface area contributed by atoms with E-state index in [1.807, 2.05) is 6.92 Å². The van der Waals surface area contributed by atoms with Gasteiger partial charge in [0.1, 0.15) is 5.82 Å². The van der Waals surface area contributed by atoms with Crippen molar-refractivity contribution in [2.24, 2.45) is 5.92 Å². The lowest BCUT2D eigenvalue weighted by Gasteiger charge is -2.36. The van der Waals surface area contributed by atoms with Gasteiger partial charge in [0.2, 0.25) is 0 Å². The molecule has 2 heterocycles. The van der Waals surface area contributed by atoms with Crippen LogP contribution >= 0.6 is 0 Å². The molecule has 0 aliphatic carbocycles. The Morgan fingerprint density at radius 3 is 2.67 bits per heavy atom. The van der Waals surface area contributed by atoms with E-state index in [1.165, 1.54) is 18.9 Å². The summed E-state index contributed by atoms with van der Waals surface area (Å²) < 4.78 is 13.7. The summed E-state index contributed by atoms with van der Waals surface area (Å²) in [7, 11) is 2.21. The summed E-state index contributed by atoms with van der Waals surface area (Å²) >= 11 is 0. The van der Waals surface area contributed by atoms with Crippen molar-refractivity contribution in [3.05, 3.63) is 35.1 Å². The highest BCUT2D eigenvalue weighted by molar-refractivity contribution is 5.94. The first-order valence-corrected chi connectivity index (χ1v) is 7.81. The molecular weight excluding hydrogens is 267 g/mol. The molecule has 3 nitrogen and oxygen atoms in total. The largest absolute Gasteiger partial charge is 0.352 e. The maximum atomic E-state index is 13.7. The van der Waals surface area contributed by atoms with Crippen molar-refractivity contribution in [1.82, 2.24) is 10.2 Å². The second-order valence-corrected chi connectivity index (χ2v) is 6.58. The lowest BCUT2D eigenvalue weighted by molar-refractivity contribution is 0.0913. The van der Waals surface area contributed by atoms with Crippen LogP contribution < -0.4 is 5.32 Å². The maximum Gasteiger partial charge on any atom is 0.254 e. The Morgan fingerprint density at radius 2 is 2.00 bits per heavy atom. The number of nitrogens with one attached hydrogen (secondary N) is 1. The van der Waals surface area contributed by atoms with E-state index in [1.54, 1.807) is 12.1 Å². The predicted molar refractivity (Wildman–Crippen MR) is 80.8 cm³/mol. The summed E-state index contributed by atoms with van der Waals surface area (Å²) in [6.45, 7) is 2.53. The van der Waals surface area contributed by atoms with Gasteiger partial charge in [-0.3, -0.25) is 4.79 Å². The van der Waals surface area contributed by atoms with Crippen LogP contribution in [-0.4, -0.2) is 36.5 Å². The minimum absolute atomic E-state index is 0.158. The molecule has 0 aromatic heterocycles. The van der Waals surface area contributed by atoms with Crippen molar-refractivity contribution in [2.75, 3.05) is 13.6 Å². The van der Waals surface area contributed by atoms with E-state index >= 15 is 0 Å². The minimum Gasteiger partial charge on any atom is -0.352 e. The molecule has 1 aromatic rings. The molecule has 0 spiro atoms. The van der Waals surface area contributed by atoms with Crippen LogP contribution in [-0.2, 0) is 0 Å². The van der Waals surface area contributed by atoms with Crippen molar-refractivity contribution in [2.45, 2.75) is 44.7 Å². The van der Waals surface area contributed by atoms with Gasteiger partial charge in [0, 0.05) is 18.6 Å². The molecule has 0 radical (unpaired) electrons. The summed E-state index contributed by atoms with van der Waals surface area (Å²) in [6.07, 6.45) is 4.84. The number of hydrogen-bond acceptors (Lipinski definition) is 2. The van der Waals surface area contributed by atoms with E-state index in [2.05, 4.69) is 17.3 Å². The molecule has 2 bridgehead atoms. The molecule has 114 valence electrons. The van der Waals surface area contributed by atoms with Gasteiger partial charge in [-0.25, -0.2) is 4.39 Å². The molecule has 2 atom stereocenters. The van der Waals surface area contributed by atoms with Crippen LogP contribution in [0.3, 0.4) is 0 Å². The molecule has 1 amide bonds. The predicted octanol–water partition coefficient (Wildman–Crippen LogP) is 2.74. The standard InChI is InChI=1S/C17H23FN2O/c1-11-3-6-16(18)15(7-11)17(21)19-10-12-8-13-4-5-14(9-12)20(13)2/h3,6-7,12-14H,4-5,8-10H2,1-2H3,(H,19,21). The Hall–Kier alpha value is -1.42. The summed E-state index contributed by atoms with van der Waals surface area (Å²) in [5.41, 5.74) is 1.06. The first kappa shape index (κ1) is 14.5. The summed E-state index contributed by atoms with van der Waals surface area (Å²) in [5.74, 6) is -0.209. The Kier molecular flexibility index (Phi) is 3.98. The van der Waals surface area contributed by atoms with Gasteiger partial charge in [-0.15, -0.1) is 0 Å². The fourth-order valence-corrected chi connectivity index (χ4v) is 3.84. The zero-order valence-electron chi connectivity index (χ0n) is 12.7.